The first-order chi connectivity index (χ1) is 12.0. The molecule has 1 saturated heterocycles. The van der Waals surface area contributed by atoms with Crippen molar-refractivity contribution < 1.29 is 23.8 Å². The fraction of sp³-hybridized carbons (Fsp3) is 0.278. The van der Waals surface area contributed by atoms with E-state index in [1.165, 1.54) is 30.3 Å². The minimum atomic E-state index is -1.20. The number of aromatic carboxylic acids is 1. The predicted octanol–water partition coefficient (Wildman–Crippen LogP) is 2.57. The van der Waals surface area contributed by atoms with Crippen LogP contribution in [0.15, 0.2) is 42.5 Å². The van der Waals surface area contributed by atoms with Crippen LogP contribution in [0.4, 0.5) is 4.39 Å². The monoisotopic (exact) mass is 344 g/mol. The number of amides is 1. The van der Waals surface area contributed by atoms with Crippen molar-refractivity contribution in [2.24, 2.45) is 0 Å². The molecule has 2 unspecified atom stereocenters. The van der Waals surface area contributed by atoms with Gasteiger partial charge in [0.15, 0.2) is 0 Å². The minimum absolute atomic E-state index is 0.00464. The number of nitrogens with zero attached hydrogens (tertiary/aromatic N) is 1. The highest BCUT2D eigenvalue weighted by atomic mass is 19.1. The molecule has 25 heavy (non-hydrogen) atoms. The van der Waals surface area contributed by atoms with Gasteiger partial charge in [0, 0.05) is 6.61 Å². The van der Waals surface area contributed by atoms with Gasteiger partial charge in [-0.25, -0.2) is 14.2 Å². The zero-order chi connectivity index (χ0) is 17.8. The minimum Gasteiger partial charge on any atom is -0.477 e. The molecular formula is C18H17FN2O4. The average Bonchev–Trinajstić information content (AvgIpc) is 3.15. The fourth-order valence-corrected chi connectivity index (χ4v) is 2.82. The van der Waals surface area contributed by atoms with Crippen molar-refractivity contribution in [2.75, 3.05) is 6.61 Å². The zero-order valence-corrected chi connectivity index (χ0v) is 13.3. The molecule has 7 heteroatoms. The maximum Gasteiger partial charge on any atom is 0.354 e. The number of carboxylic acids is 1. The van der Waals surface area contributed by atoms with Gasteiger partial charge in [-0.1, -0.05) is 18.2 Å². The Morgan fingerprint density at radius 1 is 1.20 bits per heavy atom. The summed E-state index contributed by atoms with van der Waals surface area (Å²) in [5, 5.41) is 11.8. The lowest BCUT2D eigenvalue weighted by molar-refractivity contribution is 0.0667. The quantitative estimate of drug-likeness (QED) is 0.870. The van der Waals surface area contributed by atoms with Gasteiger partial charge < -0.3 is 15.2 Å². The van der Waals surface area contributed by atoms with Crippen LogP contribution in [0.2, 0.25) is 0 Å². The number of rotatable bonds is 5. The highest BCUT2D eigenvalue weighted by Crippen LogP contribution is 2.27. The molecule has 1 amide bonds. The van der Waals surface area contributed by atoms with Crippen molar-refractivity contribution in [1.29, 1.82) is 0 Å². The number of hydrogen-bond acceptors (Lipinski definition) is 4. The molecule has 130 valence electrons. The number of nitrogens with one attached hydrogen (secondary N) is 1. The molecule has 2 N–H and O–H groups in total. The molecular weight excluding hydrogens is 327 g/mol. The van der Waals surface area contributed by atoms with Gasteiger partial charge in [0.05, 0.1) is 12.1 Å². The molecule has 3 rings (SSSR count). The largest absolute Gasteiger partial charge is 0.477 e. The summed E-state index contributed by atoms with van der Waals surface area (Å²) in [6.07, 6.45) is 1.42. The number of ether oxygens (including phenoxy) is 1. The van der Waals surface area contributed by atoms with Gasteiger partial charge in [0.2, 0.25) is 0 Å². The average molecular weight is 344 g/mol. The molecule has 2 heterocycles. The Bertz CT molecular complexity index is 773. The Labute approximate surface area is 143 Å². The van der Waals surface area contributed by atoms with Gasteiger partial charge in [-0.15, -0.1) is 0 Å². The van der Waals surface area contributed by atoms with Crippen LogP contribution in [0.3, 0.4) is 0 Å². The van der Waals surface area contributed by atoms with Crippen LogP contribution >= 0.6 is 0 Å². The number of aromatic nitrogens is 1. The Balaban J connectivity index is 1.84. The van der Waals surface area contributed by atoms with Gasteiger partial charge in [-0.2, -0.15) is 0 Å². The third-order valence-electron chi connectivity index (χ3n) is 4.05. The zero-order valence-electron chi connectivity index (χ0n) is 13.3. The second-order valence-corrected chi connectivity index (χ2v) is 5.77. The summed E-state index contributed by atoms with van der Waals surface area (Å²) >= 11 is 0. The summed E-state index contributed by atoms with van der Waals surface area (Å²) in [5.74, 6) is -2.08. The summed E-state index contributed by atoms with van der Waals surface area (Å²) in [4.78, 5) is 27.4. The summed E-state index contributed by atoms with van der Waals surface area (Å²) in [5.41, 5.74) is 0.518. The van der Waals surface area contributed by atoms with Crippen LogP contribution in [0.1, 0.15) is 45.4 Å². The van der Waals surface area contributed by atoms with E-state index < -0.39 is 17.9 Å². The summed E-state index contributed by atoms with van der Waals surface area (Å²) in [6, 6.07) is 9.61. The van der Waals surface area contributed by atoms with Crippen molar-refractivity contribution >= 4 is 11.9 Å². The molecule has 6 nitrogen and oxygen atoms in total. The second kappa shape index (κ2) is 7.40. The van der Waals surface area contributed by atoms with Gasteiger partial charge in [0.25, 0.3) is 5.91 Å². The number of hydrogen-bond donors (Lipinski definition) is 2. The Morgan fingerprint density at radius 2 is 1.92 bits per heavy atom. The van der Waals surface area contributed by atoms with Crippen molar-refractivity contribution in [1.82, 2.24) is 10.3 Å². The first-order valence-corrected chi connectivity index (χ1v) is 7.93. The summed E-state index contributed by atoms with van der Waals surface area (Å²) in [6.45, 7) is 0.602. The van der Waals surface area contributed by atoms with E-state index in [0.717, 1.165) is 18.4 Å². The molecule has 2 atom stereocenters. The number of carbonyl (C=O) groups excluding carboxylic acids is 1. The Morgan fingerprint density at radius 3 is 2.56 bits per heavy atom. The van der Waals surface area contributed by atoms with Crippen LogP contribution < -0.4 is 5.32 Å². The van der Waals surface area contributed by atoms with Crippen LogP contribution in [-0.2, 0) is 4.74 Å². The molecule has 1 aromatic heterocycles. The maximum absolute atomic E-state index is 13.2. The summed E-state index contributed by atoms with van der Waals surface area (Å²) < 4.78 is 18.9. The molecule has 0 bridgehead atoms. The van der Waals surface area contributed by atoms with Crippen molar-refractivity contribution in [3.8, 4) is 0 Å². The molecule has 0 spiro atoms. The van der Waals surface area contributed by atoms with E-state index in [2.05, 4.69) is 10.3 Å². The van der Waals surface area contributed by atoms with Crippen LogP contribution in [-0.4, -0.2) is 34.7 Å². The molecule has 1 fully saturated rings. The van der Waals surface area contributed by atoms with E-state index in [-0.39, 0.29) is 23.3 Å². The maximum atomic E-state index is 13.2. The highest BCUT2D eigenvalue weighted by molar-refractivity contribution is 5.94. The second-order valence-electron chi connectivity index (χ2n) is 5.77. The SMILES string of the molecule is O=C(O)c1cccc(C(=O)NC(c2ccc(F)cc2)C2CCCO2)n1. The number of carbonyl (C=O) groups is 2. The smallest absolute Gasteiger partial charge is 0.354 e. The molecule has 2 aromatic rings. The van der Waals surface area contributed by atoms with E-state index in [4.69, 9.17) is 9.84 Å². The molecule has 1 aliphatic rings. The third-order valence-corrected chi connectivity index (χ3v) is 4.05. The van der Waals surface area contributed by atoms with Gasteiger partial charge in [-0.05, 0) is 42.7 Å². The first-order valence-electron chi connectivity index (χ1n) is 7.93. The normalized spacial score (nSPS) is 17.9. The van der Waals surface area contributed by atoms with E-state index >= 15 is 0 Å². The lowest BCUT2D eigenvalue weighted by Gasteiger charge is -2.24. The van der Waals surface area contributed by atoms with Crippen molar-refractivity contribution in [3.63, 3.8) is 0 Å². The number of halogens is 1. The van der Waals surface area contributed by atoms with Crippen LogP contribution in [0.25, 0.3) is 0 Å². The van der Waals surface area contributed by atoms with Gasteiger partial charge >= 0.3 is 5.97 Å². The number of carboxylic acid groups (broad SMARTS) is 1. The number of benzene rings is 1. The van der Waals surface area contributed by atoms with E-state index in [1.54, 1.807) is 12.1 Å². The van der Waals surface area contributed by atoms with Crippen LogP contribution in [0.5, 0.6) is 0 Å². The van der Waals surface area contributed by atoms with E-state index in [9.17, 15) is 14.0 Å². The topological polar surface area (TPSA) is 88.5 Å². The summed E-state index contributed by atoms with van der Waals surface area (Å²) in [7, 11) is 0. The molecule has 1 aliphatic heterocycles. The first kappa shape index (κ1) is 17.0. The van der Waals surface area contributed by atoms with Crippen LogP contribution in [0, 0.1) is 5.82 Å². The molecule has 0 radical (unpaired) electrons. The lowest BCUT2D eigenvalue weighted by atomic mass is 9.99. The highest BCUT2D eigenvalue weighted by Gasteiger charge is 2.29. The van der Waals surface area contributed by atoms with Gasteiger partial charge in [0.1, 0.15) is 17.2 Å². The van der Waals surface area contributed by atoms with E-state index in [1.807, 2.05) is 0 Å². The van der Waals surface area contributed by atoms with Crippen molar-refractivity contribution in [2.45, 2.75) is 25.0 Å². The standard InChI is InChI=1S/C18H17FN2O4/c19-12-8-6-11(7-9-12)16(15-5-2-10-25-15)21-17(22)13-3-1-4-14(20-13)18(23)24/h1,3-4,6-9,15-16H,2,5,10H2,(H,21,22)(H,23,24). The van der Waals surface area contributed by atoms with Gasteiger partial charge in [-0.3, -0.25) is 4.79 Å². The number of pyridine rings is 1. The molecule has 0 aliphatic carbocycles. The molecule has 0 saturated carbocycles. The lowest BCUT2D eigenvalue weighted by Crippen LogP contribution is -2.36. The Hall–Kier alpha value is -2.80. The molecule has 1 aromatic carbocycles. The predicted molar refractivity (Wildman–Crippen MR) is 86.8 cm³/mol. The van der Waals surface area contributed by atoms with Crippen molar-refractivity contribution in [3.05, 3.63) is 65.2 Å². The Kier molecular flexibility index (Phi) is 5.04. The fourth-order valence-electron chi connectivity index (χ4n) is 2.82. The van der Waals surface area contributed by atoms with E-state index in [0.29, 0.717) is 6.61 Å². The third kappa shape index (κ3) is 4.00.